The molecule has 25 heavy (non-hydrogen) atoms. The second kappa shape index (κ2) is 6.95. The normalized spacial score (nSPS) is 18.3. The minimum absolute atomic E-state index is 0.135. The number of nitrogens with zero attached hydrogens (tertiary/aromatic N) is 3. The molecule has 134 valence electrons. The summed E-state index contributed by atoms with van der Waals surface area (Å²) in [5, 5.41) is 6.96. The van der Waals surface area contributed by atoms with Gasteiger partial charge >= 0.3 is 5.22 Å². The number of carbonyl (C=O) groups excluding carboxylic acids is 1. The van der Waals surface area contributed by atoms with Gasteiger partial charge in [0, 0.05) is 18.7 Å². The molecule has 8 heteroatoms. The Labute approximate surface area is 147 Å². The zero-order chi connectivity index (χ0) is 18.0. The molecule has 1 amide bonds. The minimum Gasteiger partial charge on any atom is -0.408 e. The SMILES string of the molecule is Cc1ccccc1-c1nnc(S(=O)(=O)CC(=O)N2CCCC(C)C2)o1. The Hall–Kier alpha value is -2.22. The van der Waals surface area contributed by atoms with Crippen molar-refractivity contribution in [1.82, 2.24) is 15.1 Å². The number of carbonyl (C=O) groups is 1. The van der Waals surface area contributed by atoms with Crippen LogP contribution in [0.3, 0.4) is 0 Å². The van der Waals surface area contributed by atoms with E-state index in [9.17, 15) is 13.2 Å². The van der Waals surface area contributed by atoms with Crippen LogP contribution in [0.1, 0.15) is 25.3 Å². The molecule has 0 spiro atoms. The van der Waals surface area contributed by atoms with Gasteiger partial charge in [0.05, 0.1) is 0 Å². The Morgan fingerprint density at radius 3 is 2.80 bits per heavy atom. The van der Waals surface area contributed by atoms with Gasteiger partial charge in [0.25, 0.3) is 0 Å². The highest BCUT2D eigenvalue weighted by Gasteiger charge is 2.30. The van der Waals surface area contributed by atoms with Gasteiger partial charge in [-0.3, -0.25) is 4.79 Å². The predicted molar refractivity (Wildman–Crippen MR) is 91.5 cm³/mol. The molecule has 1 aromatic heterocycles. The molecule has 0 aliphatic carbocycles. The van der Waals surface area contributed by atoms with Gasteiger partial charge in [-0.15, -0.1) is 5.10 Å². The first-order chi connectivity index (χ1) is 11.9. The monoisotopic (exact) mass is 363 g/mol. The van der Waals surface area contributed by atoms with E-state index in [0.29, 0.717) is 24.6 Å². The van der Waals surface area contributed by atoms with E-state index in [1.54, 1.807) is 11.0 Å². The molecule has 1 aliphatic heterocycles. The molecule has 2 aromatic rings. The average molecular weight is 363 g/mol. The lowest BCUT2D eigenvalue weighted by atomic mass is 10.0. The average Bonchev–Trinajstić information content (AvgIpc) is 3.05. The zero-order valence-corrected chi connectivity index (χ0v) is 15.1. The van der Waals surface area contributed by atoms with E-state index < -0.39 is 26.7 Å². The number of benzene rings is 1. The van der Waals surface area contributed by atoms with E-state index in [2.05, 4.69) is 17.1 Å². The van der Waals surface area contributed by atoms with E-state index in [-0.39, 0.29) is 5.89 Å². The molecule has 3 rings (SSSR count). The smallest absolute Gasteiger partial charge is 0.336 e. The number of rotatable bonds is 4. The van der Waals surface area contributed by atoms with Crippen molar-refractivity contribution < 1.29 is 17.6 Å². The molecule has 0 saturated carbocycles. The summed E-state index contributed by atoms with van der Waals surface area (Å²) >= 11 is 0. The largest absolute Gasteiger partial charge is 0.408 e. The third kappa shape index (κ3) is 3.89. The maximum Gasteiger partial charge on any atom is 0.336 e. The molecular weight excluding hydrogens is 342 g/mol. The standard InChI is InChI=1S/C17H21N3O4S/c1-12-6-5-9-20(10-12)15(21)11-25(22,23)17-19-18-16(24-17)14-8-4-3-7-13(14)2/h3-4,7-8,12H,5-6,9-11H2,1-2H3. The van der Waals surface area contributed by atoms with Gasteiger partial charge in [0.2, 0.25) is 21.6 Å². The molecule has 1 atom stereocenters. The molecule has 7 nitrogen and oxygen atoms in total. The summed E-state index contributed by atoms with van der Waals surface area (Å²) in [6, 6.07) is 7.32. The Morgan fingerprint density at radius 2 is 2.08 bits per heavy atom. The van der Waals surface area contributed by atoms with Crippen LogP contribution in [-0.2, 0) is 14.6 Å². The predicted octanol–water partition coefficient (Wildman–Crippen LogP) is 2.08. The molecule has 0 radical (unpaired) electrons. The van der Waals surface area contributed by atoms with Gasteiger partial charge in [0.1, 0.15) is 5.75 Å². The summed E-state index contributed by atoms with van der Waals surface area (Å²) in [5.74, 6) is -0.538. The summed E-state index contributed by atoms with van der Waals surface area (Å²) in [6.07, 6.45) is 1.95. The minimum atomic E-state index is -3.96. The van der Waals surface area contributed by atoms with Gasteiger partial charge in [-0.2, -0.15) is 0 Å². The van der Waals surface area contributed by atoms with Crippen LogP contribution in [0.25, 0.3) is 11.5 Å². The molecule has 1 aromatic carbocycles. The maximum atomic E-state index is 12.5. The van der Waals surface area contributed by atoms with Gasteiger partial charge in [0.15, 0.2) is 0 Å². The van der Waals surface area contributed by atoms with Crippen LogP contribution in [0, 0.1) is 12.8 Å². The van der Waals surface area contributed by atoms with Crippen molar-refractivity contribution in [3.05, 3.63) is 29.8 Å². The molecule has 1 fully saturated rings. The van der Waals surface area contributed by atoms with E-state index >= 15 is 0 Å². The molecular formula is C17H21N3O4S. The molecule has 1 unspecified atom stereocenters. The van der Waals surface area contributed by atoms with Crippen LogP contribution >= 0.6 is 0 Å². The van der Waals surface area contributed by atoms with E-state index in [4.69, 9.17) is 4.42 Å². The van der Waals surface area contributed by atoms with Crippen LogP contribution < -0.4 is 0 Å². The van der Waals surface area contributed by atoms with Gasteiger partial charge < -0.3 is 9.32 Å². The van der Waals surface area contributed by atoms with Crippen LogP contribution in [-0.4, -0.2) is 48.3 Å². The molecule has 2 heterocycles. The topological polar surface area (TPSA) is 93.4 Å². The fourth-order valence-corrected chi connectivity index (χ4v) is 3.99. The van der Waals surface area contributed by atoms with Crippen LogP contribution in [0.2, 0.25) is 0 Å². The van der Waals surface area contributed by atoms with Crippen molar-refractivity contribution >= 4 is 15.7 Å². The first-order valence-electron chi connectivity index (χ1n) is 8.27. The summed E-state index contributed by atoms with van der Waals surface area (Å²) < 4.78 is 30.2. The lowest BCUT2D eigenvalue weighted by Gasteiger charge is -2.30. The van der Waals surface area contributed by atoms with E-state index in [0.717, 1.165) is 18.4 Å². The van der Waals surface area contributed by atoms with Crippen LogP contribution in [0.4, 0.5) is 0 Å². The van der Waals surface area contributed by atoms with Crippen molar-refractivity contribution in [2.45, 2.75) is 31.9 Å². The van der Waals surface area contributed by atoms with Crippen LogP contribution in [0.15, 0.2) is 33.9 Å². The van der Waals surface area contributed by atoms with Crippen molar-refractivity contribution in [2.24, 2.45) is 5.92 Å². The Morgan fingerprint density at radius 1 is 1.32 bits per heavy atom. The van der Waals surface area contributed by atoms with Crippen molar-refractivity contribution in [3.8, 4) is 11.5 Å². The lowest BCUT2D eigenvalue weighted by molar-refractivity contribution is -0.130. The number of amides is 1. The summed E-state index contributed by atoms with van der Waals surface area (Å²) in [6.45, 7) is 5.11. The van der Waals surface area contributed by atoms with Gasteiger partial charge in [-0.05, 0) is 37.3 Å². The van der Waals surface area contributed by atoms with Crippen molar-refractivity contribution in [3.63, 3.8) is 0 Å². The number of aryl methyl sites for hydroxylation is 1. The number of hydrogen-bond acceptors (Lipinski definition) is 6. The van der Waals surface area contributed by atoms with E-state index in [1.165, 1.54) is 0 Å². The molecule has 0 bridgehead atoms. The number of aromatic nitrogens is 2. The summed E-state index contributed by atoms with van der Waals surface area (Å²) in [5.41, 5.74) is 1.57. The maximum absolute atomic E-state index is 12.5. The summed E-state index contributed by atoms with van der Waals surface area (Å²) in [4.78, 5) is 13.9. The van der Waals surface area contributed by atoms with Crippen molar-refractivity contribution in [1.29, 1.82) is 0 Å². The first-order valence-corrected chi connectivity index (χ1v) is 9.92. The second-order valence-electron chi connectivity index (χ2n) is 6.53. The summed E-state index contributed by atoms with van der Waals surface area (Å²) in [7, 11) is -3.96. The number of piperidine rings is 1. The van der Waals surface area contributed by atoms with E-state index in [1.807, 2.05) is 25.1 Å². The first kappa shape index (κ1) is 17.6. The number of hydrogen-bond donors (Lipinski definition) is 0. The van der Waals surface area contributed by atoms with Gasteiger partial charge in [-0.25, -0.2) is 8.42 Å². The Kier molecular flexibility index (Phi) is 4.89. The Balaban J connectivity index is 1.77. The third-order valence-corrected chi connectivity index (χ3v) is 5.70. The van der Waals surface area contributed by atoms with Crippen LogP contribution in [0.5, 0.6) is 0 Å². The van der Waals surface area contributed by atoms with Gasteiger partial charge in [-0.1, -0.05) is 30.2 Å². The fraction of sp³-hybridized carbons (Fsp3) is 0.471. The van der Waals surface area contributed by atoms with Crippen molar-refractivity contribution in [2.75, 3.05) is 18.8 Å². The fourth-order valence-electron chi connectivity index (χ4n) is 2.99. The molecule has 0 N–H and O–H groups in total. The number of sulfone groups is 1. The highest BCUT2D eigenvalue weighted by molar-refractivity contribution is 7.91. The highest BCUT2D eigenvalue weighted by Crippen LogP contribution is 2.24. The number of likely N-dealkylation sites (tertiary alicyclic amines) is 1. The zero-order valence-electron chi connectivity index (χ0n) is 14.3. The Bertz CT molecular complexity index is 876. The quantitative estimate of drug-likeness (QED) is 0.825. The molecule has 1 saturated heterocycles. The lowest BCUT2D eigenvalue weighted by Crippen LogP contribution is -2.42. The highest BCUT2D eigenvalue weighted by atomic mass is 32.2. The second-order valence-corrected chi connectivity index (χ2v) is 8.40. The third-order valence-electron chi connectivity index (χ3n) is 4.37. The molecule has 1 aliphatic rings.